The molecule has 0 radical (unpaired) electrons. The van der Waals surface area contributed by atoms with Crippen LogP contribution in [0.25, 0.3) is 0 Å². The van der Waals surface area contributed by atoms with Crippen LogP contribution in [-0.4, -0.2) is 99.6 Å². The maximum Gasteiger partial charge on any atom is 0.306 e. The Morgan fingerprint density at radius 2 is 0.986 bits per heavy atom. The van der Waals surface area contributed by atoms with E-state index < -0.39 is 67.4 Å². The van der Waals surface area contributed by atoms with Gasteiger partial charge in [-0.15, -0.1) is 0 Å². The maximum atomic E-state index is 13.3. The first kappa shape index (κ1) is 65.1. The topological polar surface area (TPSA) is 175 Å². The van der Waals surface area contributed by atoms with Gasteiger partial charge in [0.1, 0.15) is 24.4 Å². The van der Waals surface area contributed by atoms with Gasteiger partial charge in [0.2, 0.25) is 5.91 Å². The minimum atomic E-state index is -1.63. The molecule has 1 aliphatic heterocycles. The normalized spacial score (nSPS) is 20.3. The van der Waals surface area contributed by atoms with Crippen LogP contribution in [0.4, 0.5) is 0 Å². The van der Waals surface area contributed by atoms with Gasteiger partial charge in [-0.05, 0) is 77.0 Å². The molecule has 0 aliphatic carbocycles. The Morgan fingerprint density at radius 1 is 0.557 bits per heavy atom. The van der Waals surface area contributed by atoms with Crippen molar-refractivity contribution in [2.75, 3.05) is 13.2 Å². The second kappa shape index (κ2) is 47.1. The van der Waals surface area contributed by atoms with Crippen molar-refractivity contribution in [2.45, 2.75) is 275 Å². The lowest BCUT2D eigenvalue weighted by Crippen LogP contribution is -2.61. The third-order valence-corrected chi connectivity index (χ3v) is 12.8. The maximum absolute atomic E-state index is 13.3. The molecule has 6 N–H and O–H groups in total. The van der Waals surface area contributed by atoms with Crippen molar-refractivity contribution in [3.63, 3.8) is 0 Å². The zero-order valence-electron chi connectivity index (χ0n) is 44.4. The van der Waals surface area contributed by atoms with Gasteiger partial charge in [0.15, 0.2) is 12.4 Å². The number of carbonyl (C=O) groups excluding carboxylic acids is 2. The fraction of sp³-hybridized carbons (Fsp3) is 0.763. The van der Waals surface area contributed by atoms with Crippen LogP contribution in [0.15, 0.2) is 72.9 Å². The third-order valence-electron chi connectivity index (χ3n) is 12.8. The number of allylic oxidation sites excluding steroid dienone is 10. The van der Waals surface area contributed by atoms with Crippen molar-refractivity contribution in [1.82, 2.24) is 5.32 Å². The number of carbonyl (C=O) groups is 2. The molecule has 0 aromatic heterocycles. The Hall–Kier alpha value is -2.90. The van der Waals surface area contributed by atoms with E-state index in [1.165, 1.54) is 103 Å². The fourth-order valence-electron chi connectivity index (χ4n) is 8.29. The molecule has 8 atom stereocenters. The molecule has 1 heterocycles. The zero-order chi connectivity index (χ0) is 51.1. The van der Waals surface area contributed by atoms with Crippen LogP contribution < -0.4 is 5.32 Å². The first-order valence-corrected chi connectivity index (χ1v) is 28.2. The molecule has 11 nitrogen and oxygen atoms in total. The lowest BCUT2D eigenvalue weighted by atomic mass is 9.99. The predicted molar refractivity (Wildman–Crippen MR) is 287 cm³/mol. The van der Waals surface area contributed by atoms with Crippen LogP contribution in [0.5, 0.6) is 0 Å². The van der Waals surface area contributed by atoms with Gasteiger partial charge in [-0.3, -0.25) is 9.59 Å². The number of ether oxygens (including phenoxy) is 3. The molecule has 1 aliphatic rings. The number of esters is 1. The standard InChI is InChI=1S/C59H103NO10/c1-4-7-10-13-16-19-22-25-26-27-28-29-32-35-38-41-44-47-54(64)70-57-56(66)55(65)53(48-61)69-59(57)68-49-50(51(62)45-42-39-36-33-30-23-20-17-14-11-8-5-2)60-58(67)52(63)46-43-40-37-34-31-24-21-18-15-12-9-6-3/h16,19,25-26,28-29,31,34,40,42-43,45,50-53,55-57,59,61-63,65-66H,4-15,17-18,20-24,27,30,32-33,35-39,41,44,46-49H2,1-3H3,(H,60,67)/b19-16-,26-25-,29-28-,34-31-,43-40+,45-42+. The van der Waals surface area contributed by atoms with Crippen LogP contribution in [0.3, 0.4) is 0 Å². The van der Waals surface area contributed by atoms with Crippen molar-refractivity contribution < 1.29 is 49.3 Å². The van der Waals surface area contributed by atoms with Gasteiger partial charge in [-0.2, -0.15) is 0 Å². The van der Waals surface area contributed by atoms with Crippen molar-refractivity contribution >= 4 is 11.9 Å². The lowest BCUT2D eigenvalue weighted by molar-refractivity contribution is -0.305. The summed E-state index contributed by atoms with van der Waals surface area (Å²) in [6.07, 6.45) is 48.2. The molecule has 0 bridgehead atoms. The number of nitrogens with one attached hydrogen (secondary N) is 1. The molecular weight excluding hydrogens is 883 g/mol. The zero-order valence-corrected chi connectivity index (χ0v) is 44.4. The lowest BCUT2D eigenvalue weighted by Gasteiger charge is -2.41. The summed E-state index contributed by atoms with van der Waals surface area (Å²) in [6, 6.07) is -1.06. The average molecular weight is 986 g/mol. The summed E-state index contributed by atoms with van der Waals surface area (Å²) in [5.41, 5.74) is 0. The molecule has 0 aromatic carbocycles. The molecule has 1 rings (SSSR count). The molecule has 70 heavy (non-hydrogen) atoms. The number of amides is 1. The Labute approximate surface area is 426 Å². The van der Waals surface area contributed by atoms with Gasteiger partial charge in [-0.25, -0.2) is 0 Å². The molecule has 8 unspecified atom stereocenters. The molecule has 1 amide bonds. The van der Waals surface area contributed by atoms with Gasteiger partial charge in [-0.1, -0.05) is 209 Å². The number of hydrogen-bond donors (Lipinski definition) is 6. The first-order chi connectivity index (χ1) is 34.2. The molecule has 0 saturated carbocycles. The summed E-state index contributed by atoms with van der Waals surface area (Å²) in [6.45, 7) is 5.67. The fourth-order valence-corrected chi connectivity index (χ4v) is 8.29. The highest BCUT2D eigenvalue weighted by Gasteiger charge is 2.47. The Kier molecular flexibility index (Phi) is 43.8. The first-order valence-electron chi connectivity index (χ1n) is 28.2. The second-order valence-electron chi connectivity index (χ2n) is 19.3. The minimum Gasteiger partial charge on any atom is -0.454 e. The van der Waals surface area contributed by atoms with E-state index in [4.69, 9.17) is 14.2 Å². The summed E-state index contributed by atoms with van der Waals surface area (Å²) >= 11 is 0. The molecule has 0 aromatic rings. The van der Waals surface area contributed by atoms with E-state index in [2.05, 4.69) is 74.7 Å². The molecule has 0 spiro atoms. The molecule has 11 heteroatoms. The molecule has 1 fully saturated rings. The van der Waals surface area contributed by atoms with Crippen LogP contribution >= 0.6 is 0 Å². The van der Waals surface area contributed by atoms with Crippen LogP contribution in [0.2, 0.25) is 0 Å². The van der Waals surface area contributed by atoms with E-state index in [0.717, 1.165) is 77.0 Å². The molecular formula is C59H103NO10. The minimum absolute atomic E-state index is 0.0774. The van der Waals surface area contributed by atoms with E-state index in [1.54, 1.807) is 12.2 Å². The summed E-state index contributed by atoms with van der Waals surface area (Å²) in [7, 11) is 0. The van der Waals surface area contributed by atoms with Crippen LogP contribution in [-0.2, 0) is 23.8 Å². The summed E-state index contributed by atoms with van der Waals surface area (Å²) < 4.78 is 17.5. The van der Waals surface area contributed by atoms with E-state index in [0.29, 0.717) is 12.8 Å². The highest BCUT2D eigenvalue weighted by Crippen LogP contribution is 2.26. The van der Waals surface area contributed by atoms with Crippen molar-refractivity contribution in [3.05, 3.63) is 72.9 Å². The van der Waals surface area contributed by atoms with Gasteiger partial charge in [0, 0.05) is 12.8 Å². The van der Waals surface area contributed by atoms with Crippen molar-refractivity contribution in [2.24, 2.45) is 0 Å². The highest BCUT2D eigenvalue weighted by molar-refractivity contribution is 5.81. The number of aliphatic hydroxyl groups is 5. The number of rotatable bonds is 46. The summed E-state index contributed by atoms with van der Waals surface area (Å²) in [4.78, 5) is 26.4. The predicted octanol–water partition coefficient (Wildman–Crippen LogP) is 12.4. The van der Waals surface area contributed by atoms with Gasteiger partial charge in [0.25, 0.3) is 0 Å². The van der Waals surface area contributed by atoms with Crippen molar-refractivity contribution in [3.8, 4) is 0 Å². The van der Waals surface area contributed by atoms with Crippen LogP contribution in [0, 0.1) is 0 Å². The Morgan fingerprint density at radius 3 is 1.50 bits per heavy atom. The van der Waals surface area contributed by atoms with Gasteiger partial charge >= 0.3 is 5.97 Å². The van der Waals surface area contributed by atoms with Gasteiger partial charge in [0.05, 0.1) is 25.4 Å². The average Bonchev–Trinajstić information content (AvgIpc) is 3.36. The highest BCUT2D eigenvalue weighted by atomic mass is 16.7. The van der Waals surface area contributed by atoms with Crippen LogP contribution in [0.1, 0.15) is 226 Å². The van der Waals surface area contributed by atoms with Gasteiger partial charge < -0.3 is 45.1 Å². The quantitative estimate of drug-likeness (QED) is 0.0196. The number of hydrogen-bond acceptors (Lipinski definition) is 10. The smallest absolute Gasteiger partial charge is 0.306 e. The number of aliphatic hydroxyl groups excluding tert-OH is 5. The van der Waals surface area contributed by atoms with E-state index in [-0.39, 0.29) is 19.4 Å². The Bertz CT molecular complexity index is 1410. The largest absolute Gasteiger partial charge is 0.454 e. The summed E-state index contributed by atoms with van der Waals surface area (Å²) in [5.74, 6) is -1.29. The van der Waals surface area contributed by atoms with E-state index in [1.807, 2.05) is 12.2 Å². The Balaban J connectivity index is 2.79. The second-order valence-corrected chi connectivity index (χ2v) is 19.3. The number of unbranched alkanes of at least 4 members (excludes halogenated alkanes) is 23. The SMILES string of the molecule is CCCCC/C=C\C/C=C\C/C=C\CCCCCCC(=O)OC1C(OCC(NC(=O)C(O)C/C=C/C/C=C\CCCCCCCC)C(O)/C=C/CCCCCCCCCCCC)OC(CO)C(O)C1O. The third kappa shape index (κ3) is 35.3. The summed E-state index contributed by atoms with van der Waals surface area (Å²) in [5, 5.41) is 56.6. The molecule has 1 saturated heterocycles. The van der Waals surface area contributed by atoms with Crippen molar-refractivity contribution in [1.29, 1.82) is 0 Å². The van der Waals surface area contributed by atoms with E-state index >= 15 is 0 Å². The monoisotopic (exact) mass is 986 g/mol. The molecule has 404 valence electrons. The van der Waals surface area contributed by atoms with E-state index in [9.17, 15) is 35.1 Å².